The Morgan fingerprint density at radius 3 is 2.75 bits per heavy atom. The molecule has 4 nitrogen and oxygen atoms in total. The molecular weight excluding hydrogens is 224 g/mol. The van der Waals surface area contributed by atoms with Crippen LogP contribution in [0.5, 0.6) is 0 Å². The lowest BCUT2D eigenvalue weighted by atomic mass is 10.1. The third kappa shape index (κ3) is 1.76. The zero-order valence-electron chi connectivity index (χ0n) is 9.24. The van der Waals surface area contributed by atoms with Crippen molar-refractivity contribution in [1.82, 2.24) is 14.8 Å². The van der Waals surface area contributed by atoms with E-state index >= 15 is 0 Å². The lowest BCUT2D eigenvalue weighted by Gasteiger charge is -2.07. The van der Waals surface area contributed by atoms with Gasteiger partial charge in [0.1, 0.15) is 5.82 Å². The molecule has 2 N–H and O–H groups in total. The molecule has 1 heterocycles. The number of aromatic nitrogens is 3. The number of benzene rings is 1. The highest BCUT2D eigenvalue weighted by Crippen LogP contribution is 2.27. The molecule has 0 saturated heterocycles. The van der Waals surface area contributed by atoms with Crippen LogP contribution in [0.15, 0.2) is 18.2 Å². The molecule has 84 valence electrons. The van der Waals surface area contributed by atoms with Gasteiger partial charge in [-0.15, -0.1) is 10.2 Å². The molecule has 16 heavy (non-hydrogen) atoms. The van der Waals surface area contributed by atoms with Gasteiger partial charge in [0, 0.05) is 22.8 Å². The fourth-order valence-electron chi connectivity index (χ4n) is 1.70. The molecule has 0 fully saturated rings. The Morgan fingerprint density at radius 2 is 2.12 bits per heavy atom. The molecule has 1 aromatic heterocycles. The summed E-state index contributed by atoms with van der Waals surface area (Å²) in [5, 5.41) is 8.81. The van der Waals surface area contributed by atoms with E-state index in [0.717, 1.165) is 23.8 Å². The smallest absolute Gasteiger partial charge is 0.166 e. The van der Waals surface area contributed by atoms with Crippen molar-refractivity contribution < 1.29 is 0 Å². The van der Waals surface area contributed by atoms with E-state index in [4.69, 9.17) is 17.3 Å². The van der Waals surface area contributed by atoms with Gasteiger partial charge in [0.25, 0.3) is 0 Å². The summed E-state index contributed by atoms with van der Waals surface area (Å²) in [6.45, 7) is 4.79. The second-order valence-corrected chi connectivity index (χ2v) is 3.98. The molecule has 0 atom stereocenters. The van der Waals surface area contributed by atoms with E-state index in [9.17, 15) is 0 Å². The van der Waals surface area contributed by atoms with E-state index in [1.165, 1.54) is 0 Å². The largest absolute Gasteiger partial charge is 0.398 e. The van der Waals surface area contributed by atoms with Crippen molar-refractivity contribution in [2.24, 2.45) is 0 Å². The van der Waals surface area contributed by atoms with E-state index < -0.39 is 0 Å². The normalized spacial score (nSPS) is 10.7. The maximum Gasteiger partial charge on any atom is 0.166 e. The van der Waals surface area contributed by atoms with Crippen LogP contribution in [-0.4, -0.2) is 14.8 Å². The lowest BCUT2D eigenvalue weighted by Crippen LogP contribution is -2.01. The highest BCUT2D eigenvalue weighted by atomic mass is 35.5. The first-order valence-corrected chi connectivity index (χ1v) is 5.46. The number of nitrogen functional groups attached to an aromatic ring is 1. The Hall–Kier alpha value is -1.55. The monoisotopic (exact) mass is 236 g/mol. The summed E-state index contributed by atoms with van der Waals surface area (Å²) in [6.07, 6.45) is 0. The maximum atomic E-state index is 5.92. The molecule has 0 unspecified atom stereocenters. The highest BCUT2D eigenvalue weighted by Gasteiger charge is 2.12. The molecular formula is C11H13ClN4. The topological polar surface area (TPSA) is 56.7 Å². The predicted octanol–water partition coefficient (Wildman–Crippen LogP) is 2.51. The van der Waals surface area contributed by atoms with E-state index in [1.54, 1.807) is 12.1 Å². The Labute approximate surface area is 99.1 Å². The summed E-state index contributed by atoms with van der Waals surface area (Å²) in [6, 6.07) is 5.39. The van der Waals surface area contributed by atoms with Crippen LogP contribution in [0, 0.1) is 6.92 Å². The number of anilines is 1. The quantitative estimate of drug-likeness (QED) is 0.816. The number of hydrogen-bond acceptors (Lipinski definition) is 3. The first kappa shape index (κ1) is 11.0. The second-order valence-electron chi connectivity index (χ2n) is 3.55. The van der Waals surface area contributed by atoms with E-state index in [1.807, 2.05) is 24.5 Å². The summed E-state index contributed by atoms with van der Waals surface area (Å²) >= 11 is 5.86. The molecule has 1 aromatic carbocycles. The van der Waals surface area contributed by atoms with Crippen molar-refractivity contribution in [3.8, 4) is 11.4 Å². The minimum Gasteiger partial charge on any atom is -0.398 e. The van der Waals surface area contributed by atoms with Gasteiger partial charge < -0.3 is 10.3 Å². The third-order valence-corrected chi connectivity index (χ3v) is 2.74. The molecule has 5 heteroatoms. The van der Waals surface area contributed by atoms with Crippen LogP contribution in [0.2, 0.25) is 5.02 Å². The minimum atomic E-state index is 0.620. The van der Waals surface area contributed by atoms with Crippen LogP contribution in [0.25, 0.3) is 11.4 Å². The first-order valence-electron chi connectivity index (χ1n) is 5.08. The Balaban J connectivity index is 2.58. The number of aryl methyl sites for hydroxylation is 1. The summed E-state index contributed by atoms with van der Waals surface area (Å²) < 4.78 is 2.01. The molecule has 2 rings (SSSR count). The zero-order valence-corrected chi connectivity index (χ0v) is 9.99. The van der Waals surface area contributed by atoms with Crippen LogP contribution in [-0.2, 0) is 6.54 Å². The van der Waals surface area contributed by atoms with Gasteiger partial charge >= 0.3 is 0 Å². The average molecular weight is 237 g/mol. The Kier molecular flexibility index (Phi) is 2.83. The maximum absolute atomic E-state index is 5.92. The van der Waals surface area contributed by atoms with E-state index in [0.29, 0.717) is 10.7 Å². The number of nitrogens with two attached hydrogens (primary N) is 1. The zero-order chi connectivity index (χ0) is 11.7. The van der Waals surface area contributed by atoms with Crippen molar-refractivity contribution in [3.63, 3.8) is 0 Å². The number of hydrogen-bond donors (Lipinski definition) is 1. The molecule has 0 aliphatic carbocycles. The second kappa shape index (κ2) is 4.14. The van der Waals surface area contributed by atoms with Crippen LogP contribution < -0.4 is 5.73 Å². The van der Waals surface area contributed by atoms with Crippen molar-refractivity contribution in [3.05, 3.63) is 29.0 Å². The molecule has 0 saturated carbocycles. The molecule has 0 amide bonds. The summed E-state index contributed by atoms with van der Waals surface area (Å²) in [7, 11) is 0. The van der Waals surface area contributed by atoms with Crippen LogP contribution >= 0.6 is 11.6 Å². The Morgan fingerprint density at radius 1 is 1.38 bits per heavy atom. The van der Waals surface area contributed by atoms with Crippen molar-refractivity contribution in [1.29, 1.82) is 0 Å². The highest BCUT2D eigenvalue weighted by molar-refractivity contribution is 6.31. The molecule has 2 aromatic rings. The summed E-state index contributed by atoms with van der Waals surface area (Å²) in [5.74, 6) is 1.67. The molecule has 0 spiro atoms. The fraction of sp³-hybridized carbons (Fsp3) is 0.273. The van der Waals surface area contributed by atoms with Crippen molar-refractivity contribution in [2.75, 3.05) is 5.73 Å². The van der Waals surface area contributed by atoms with Gasteiger partial charge in [-0.25, -0.2) is 0 Å². The molecule has 0 bridgehead atoms. The fourth-order valence-corrected chi connectivity index (χ4v) is 1.88. The molecule has 0 aliphatic rings. The number of rotatable bonds is 2. The minimum absolute atomic E-state index is 0.620. The lowest BCUT2D eigenvalue weighted by molar-refractivity contribution is 0.737. The molecule has 0 radical (unpaired) electrons. The third-order valence-electron chi connectivity index (χ3n) is 2.51. The summed E-state index contributed by atoms with van der Waals surface area (Å²) in [5.41, 5.74) is 7.41. The number of halogens is 1. The van der Waals surface area contributed by atoms with Gasteiger partial charge in [-0.1, -0.05) is 11.6 Å². The van der Waals surface area contributed by atoms with Gasteiger partial charge in [0.2, 0.25) is 0 Å². The van der Waals surface area contributed by atoms with Gasteiger partial charge in [0.15, 0.2) is 5.82 Å². The van der Waals surface area contributed by atoms with E-state index in [2.05, 4.69) is 10.2 Å². The summed E-state index contributed by atoms with van der Waals surface area (Å²) in [4.78, 5) is 0. The van der Waals surface area contributed by atoms with Gasteiger partial charge in [-0.2, -0.15) is 0 Å². The predicted molar refractivity (Wildman–Crippen MR) is 65.3 cm³/mol. The standard InChI is InChI=1S/C11H13ClN4/c1-3-16-7(2)14-15-11(16)9-5-4-8(12)6-10(9)13/h4-6H,3,13H2,1-2H3. The van der Waals surface area contributed by atoms with Gasteiger partial charge in [0.05, 0.1) is 0 Å². The van der Waals surface area contributed by atoms with Crippen LogP contribution in [0.3, 0.4) is 0 Å². The number of nitrogens with zero attached hydrogens (tertiary/aromatic N) is 3. The molecule has 0 aliphatic heterocycles. The van der Waals surface area contributed by atoms with Crippen molar-refractivity contribution in [2.45, 2.75) is 20.4 Å². The van der Waals surface area contributed by atoms with Gasteiger partial charge in [-0.05, 0) is 32.0 Å². The van der Waals surface area contributed by atoms with Gasteiger partial charge in [-0.3, -0.25) is 0 Å². The SMILES string of the molecule is CCn1c(C)nnc1-c1ccc(Cl)cc1N. The van der Waals surface area contributed by atoms with Crippen molar-refractivity contribution >= 4 is 17.3 Å². The van der Waals surface area contributed by atoms with E-state index in [-0.39, 0.29) is 0 Å². The van der Waals surface area contributed by atoms with Crippen LogP contribution in [0.4, 0.5) is 5.69 Å². The van der Waals surface area contributed by atoms with Crippen LogP contribution in [0.1, 0.15) is 12.7 Å². The first-order chi connectivity index (χ1) is 7.63. The Bertz CT molecular complexity index is 519. The average Bonchev–Trinajstić information content (AvgIpc) is 2.59.